The summed E-state index contributed by atoms with van der Waals surface area (Å²) in [4.78, 5) is 0. The van der Waals surface area contributed by atoms with Crippen LogP contribution in [0.5, 0.6) is 0 Å². The summed E-state index contributed by atoms with van der Waals surface area (Å²) in [5, 5.41) is 0. The van der Waals surface area contributed by atoms with Gasteiger partial charge in [-0.05, 0) is 0 Å². The molecule has 0 fully saturated rings. The molecule has 1 aromatic carbocycles. The minimum atomic E-state index is 0. The molecule has 0 aliphatic heterocycles. The molecule has 0 aromatic heterocycles. The Morgan fingerprint density at radius 3 is 2.42 bits per heavy atom. The Morgan fingerprint density at radius 2 is 2.08 bits per heavy atom. The summed E-state index contributed by atoms with van der Waals surface area (Å²) in [5.74, 6) is 0.568. The van der Waals surface area contributed by atoms with Gasteiger partial charge in [-0.25, -0.2) is 12.1 Å². The van der Waals surface area contributed by atoms with Crippen molar-refractivity contribution in [1.82, 2.24) is 0 Å². The van der Waals surface area contributed by atoms with Crippen molar-refractivity contribution < 1.29 is 21.1 Å². The van der Waals surface area contributed by atoms with Crippen LogP contribution >= 0.6 is 0 Å². The third kappa shape index (κ3) is 2.95. The van der Waals surface area contributed by atoms with Crippen LogP contribution in [-0.4, -0.2) is 0 Å². The molecule has 1 rings (SSSR count). The minimum Gasteiger partial charge on any atom is -0.344 e. The van der Waals surface area contributed by atoms with Gasteiger partial charge in [-0.1, -0.05) is 19.8 Å². The first-order chi connectivity index (χ1) is 5.24. The summed E-state index contributed by atoms with van der Waals surface area (Å²) < 4.78 is 0. The van der Waals surface area contributed by atoms with Gasteiger partial charge in [-0.3, -0.25) is 0 Å². The molecule has 0 nitrogen and oxygen atoms in total. The van der Waals surface area contributed by atoms with E-state index in [2.05, 4.69) is 26.0 Å². The first-order valence-electron chi connectivity index (χ1n) is 3.80. The van der Waals surface area contributed by atoms with Crippen molar-refractivity contribution in [2.24, 2.45) is 0 Å². The van der Waals surface area contributed by atoms with E-state index in [1.54, 1.807) is 6.08 Å². The van der Waals surface area contributed by atoms with Gasteiger partial charge in [-0.15, -0.1) is 5.56 Å². The van der Waals surface area contributed by atoms with Gasteiger partial charge in [0, 0.05) is 0 Å². The van der Waals surface area contributed by atoms with Crippen LogP contribution in [0.1, 0.15) is 30.9 Å². The Hall–Kier alpha value is -0.352. The fraction of sp³-hybridized carbons (Fsp3) is 0.273. The molecule has 1 heteroatoms. The normalized spacial score (nSPS) is 9.25. The number of rotatable bonds is 2. The standard InChI is InChI=1S/C11H12.W/c1-4-10-5-7-11(8-6-10)9(2)3;/h1,4-5,7-9H,2-3H3;/q-2;+2. The van der Waals surface area contributed by atoms with E-state index in [0.717, 1.165) is 5.56 Å². The van der Waals surface area contributed by atoms with Gasteiger partial charge < -0.3 is 18.2 Å². The Kier molecular flexibility index (Phi) is 5.17. The Bertz CT molecular complexity index is 234. The van der Waals surface area contributed by atoms with E-state index in [-0.39, 0.29) is 21.1 Å². The summed E-state index contributed by atoms with van der Waals surface area (Å²) >= 11 is 0. The summed E-state index contributed by atoms with van der Waals surface area (Å²) in [7, 11) is 0. The molecule has 0 saturated heterocycles. The van der Waals surface area contributed by atoms with Crippen LogP contribution in [0.2, 0.25) is 0 Å². The largest absolute Gasteiger partial charge is 2.00 e. The Labute approximate surface area is 89.0 Å². The van der Waals surface area contributed by atoms with E-state index in [1.165, 1.54) is 5.56 Å². The van der Waals surface area contributed by atoms with Crippen LogP contribution in [-0.2, 0) is 21.1 Å². The predicted octanol–water partition coefficient (Wildman–Crippen LogP) is 3.05. The smallest absolute Gasteiger partial charge is 0.344 e. The Morgan fingerprint density at radius 1 is 1.42 bits per heavy atom. The van der Waals surface area contributed by atoms with Crippen molar-refractivity contribution >= 4 is 6.08 Å². The maximum absolute atomic E-state index is 5.32. The molecular formula is C11H12W. The quantitative estimate of drug-likeness (QED) is 0.732. The zero-order valence-electron chi connectivity index (χ0n) is 7.37. The molecular weight excluding hydrogens is 316 g/mol. The first-order valence-corrected chi connectivity index (χ1v) is 3.80. The van der Waals surface area contributed by atoms with Crippen molar-refractivity contribution in [3.8, 4) is 0 Å². The van der Waals surface area contributed by atoms with Crippen LogP contribution in [0.25, 0.3) is 6.08 Å². The van der Waals surface area contributed by atoms with Crippen LogP contribution < -0.4 is 0 Å². The van der Waals surface area contributed by atoms with E-state index in [4.69, 9.17) is 6.58 Å². The summed E-state index contributed by atoms with van der Waals surface area (Å²) in [6.07, 6.45) is 1.56. The molecule has 0 heterocycles. The van der Waals surface area contributed by atoms with Crippen LogP contribution in [0.4, 0.5) is 0 Å². The van der Waals surface area contributed by atoms with E-state index in [0.29, 0.717) is 5.92 Å². The first kappa shape index (κ1) is 11.6. The molecule has 0 radical (unpaired) electrons. The van der Waals surface area contributed by atoms with Gasteiger partial charge in [0.1, 0.15) is 0 Å². The SMILES string of the molecule is [CH-]=Cc1[c-]cc(C(C)C)cc1.[W+2]. The Balaban J connectivity index is 0.00000121. The number of benzene rings is 1. The van der Waals surface area contributed by atoms with Crippen LogP contribution in [0.3, 0.4) is 0 Å². The van der Waals surface area contributed by atoms with Crippen LogP contribution in [0.15, 0.2) is 18.2 Å². The second-order valence-electron chi connectivity index (χ2n) is 2.90. The van der Waals surface area contributed by atoms with Crippen molar-refractivity contribution in [3.05, 3.63) is 42.0 Å². The van der Waals surface area contributed by atoms with Crippen molar-refractivity contribution in [1.29, 1.82) is 0 Å². The summed E-state index contributed by atoms with van der Waals surface area (Å²) in [6, 6.07) is 9.14. The van der Waals surface area contributed by atoms with E-state index in [1.807, 2.05) is 12.1 Å². The molecule has 0 saturated carbocycles. The average molecular weight is 328 g/mol. The molecule has 0 spiro atoms. The van der Waals surface area contributed by atoms with E-state index < -0.39 is 0 Å². The predicted molar refractivity (Wildman–Crippen MR) is 48.1 cm³/mol. The zero-order valence-corrected chi connectivity index (χ0v) is 10.3. The van der Waals surface area contributed by atoms with Gasteiger partial charge in [0.25, 0.3) is 0 Å². The van der Waals surface area contributed by atoms with Crippen molar-refractivity contribution in [2.75, 3.05) is 0 Å². The molecule has 0 atom stereocenters. The molecule has 0 unspecified atom stereocenters. The van der Waals surface area contributed by atoms with E-state index >= 15 is 0 Å². The fourth-order valence-corrected chi connectivity index (χ4v) is 0.912. The van der Waals surface area contributed by atoms with E-state index in [9.17, 15) is 0 Å². The zero-order chi connectivity index (χ0) is 8.27. The third-order valence-corrected chi connectivity index (χ3v) is 1.71. The molecule has 0 aliphatic rings. The molecule has 0 bridgehead atoms. The molecule has 0 N–H and O–H groups in total. The number of hydrogen-bond donors (Lipinski definition) is 0. The molecule has 62 valence electrons. The van der Waals surface area contributed by atoms with Gasteiger partial charge in [-0.2, -0.15) is 12.1 Å². The van der Waals surface area contributed by atoms with Gasteiger partial charge in [0.05, 0.1) is 0 Å². The van der Waals surface area contributed by atoms with Gasteiger partial charge in [0.15, 0.2) is 0 Å². The van der Waals surface area contributed by atoms with Crippen LogP contribution in [0, 0.1) is 12.6 Å². The second-order valence-corrected chi connectivity index (χ2v) is 2.90. The monoisotopic (exact) mass is 328 g/mol. The topological polar surface area (TPSA) is 0 Å². The van der Waals surface area contributed by atoms with Gasteiger partial charge >= 0.3 is 21.1 Å². The molecule has 0 amide bonds. The second kappa shape index (κ2) is 5.32. The molecule has 1 aromatic rings. The van der Waals surface area contributed by atoms with Crippen molar-refractivity contribution in [2.45, 2.75) is 19.8 Å². The minimum absolute atomic E-state index is 0. The number of hydrogen-bond acceptors (Lipinski definition) is 0. The van der Waals surface area contributed by atoms with Gasteiger partial charge in [0.2, 0.25) is 0 Å². The summed E-state index contributed by atoms with van der Waals surface area (Å²) in [6.45, 7) is 9.64. The maximum atomic E-state index is 5.32. The van der Waals surface area contributed by atoms with Crippen molar-refractivity contribution in [3.63, 3.8) is 0 Å². The summed E-state index contributed by atoms with van der Waals surface area (Å²) in [5.41, 5.74) is 2.25. The molecule has 0 aliphatic carbocycles. The third-order valence-electron chi connectivity index (χ3n) is 1.71. The molecule has 12 heavy (non-hydrogen) atoms. The maximum Gasteiger partial charge on any atom is 2.00 e. The average Bonchev–Trinajstić information content (AvgIpc) is 2.05. The fourth-order valence-electron chi connectivity index (χ4n) is 0.912.